The Morgan fingerprint density at radius 1 is 1.11 bits per heavy atom. The second-order valence-corrected chi connectivity index (χ2v) is 4.27. The Labute approximate surface area is 107 Å². The third-order valence-corrected chi connectivity index (χ3v) is 3.20. The van der Waals surface area contributed by atoms with Gasteiger partial charge in [-0.1, -0.05) is 18.2 Å². The van der Waals surface area contributed by atoms with Crippen LogP contribution in [-0.2, 0) is 0 Å². The summed E-state index contributed by atoms with van der Waals surface area (Å²) in [5.41, 5.74) is 7.63. The Kier molecular flexibility index (Phi) is 1.88. The molecule has 0 aliphatic carbocycles. The third-order valence-electron chi connectivity index (χ3n) is 3.20. The number of anilines is 1. The fraction of sp³-hybridized carbons (Fsp3) is 0. The molecular weight excluding hydrogens is 240 g/mol. The average Bonchev–Trinajstić information content (AvgIpc) is 3.02. The van der Waals surface area contributed by atoms with E-state index in [4.69, 9.17) is 5.73 Å². The van der Waals surface area contributed by atoms with E-state index in [1.54, 1.807) is 0 Å². The van der Waals surface area contributed by atoms with Gasteiger partial charge in [0.15, 0.2) is 11.5 Å². The number of nitrogens with zero attached hydrogens (tertiary/aromatic N) is 4. The molecule has 0 bridgehead atoms. The van der Waals surface area contributed by atoms with Crippen LogP contribution in [0.15, 0.2) is 42.9 Å². The van der Waals surface area contributed by atoms with Crippen molar-refractivity contribution in [2.75, 3.05) is 5.73 Å². The van der Waals surface area contributed by atoms with Crippen LogP contribution < -0.4 is 5.73 Å². The van der Waals surface area contributed by atoms with E-state index >= 15 is 0 Å². The van der Waals surface area contributed by atoms with E-state index in [0.29, 0.717) is 17.3 Å². The molecule has 0 aliphatic rings. The molecule has 6 heteroatoms. The number of nitrogen functional groups attached to an aromatic ring is 1. The lowest BCUT2D eigenvalue weighted by Gasteiger charge is -2.02. The predicted molar refractivity (Wildman–Crippen MR) is 72.9 cm³/mol. The number of hydrogen-bond donors (Lipinski definition) is 2. The van der Waals surface area contributed by atoms with E-state index in [1.807, 2.05) is 35.0 Å². The van der Waals surface area contributed by atoms with Gasteiger partial charge >= 0.3 is 0 Å². The first kappa shape index (κ1) is 10.1. The van der Waals surface area contributed by atoms with Crippen LogP contribution in [0.25, 0.3) is 27.8 Å². The van der Waals surface area contributed by atoms with Crippen LogP contribution >= 0.6 is 0 Å². The molecule has 4 rings (SSSR count). The van der Waals surface area contributed by atoms with Gasteiger partial charge in [0, 0.05) is 6.20 Å². The molecule has 0 aliphatic heterocycles. The summed E-state index contributed by atoms with van der Waals surface area (Å²) in [5.74, 6) is 1.14. The minimum absolute atomic E-state index is 0.423. The molecule has 3 N–H and O–H groups in total. The summed E-state index contributed by atoms with van der Waals surface area (Å²) < 4.78 is 1.98. The first-order valence-corrected chi connectivity index (χ1v) is 5.85. The first-order valence-electron chi connectivity index (χ1n) is 5.85. The zero-order chi connectivity index (χ0) is 12.8. The number of rotatable bonds is 1. The Hall–Kier alpha value is -2.89. The van der Waals surface area contributed by atoms with Crippen molar-refractivity contribution in [1.82, 2.24) is 24.7 Å². The van der Waals surface area contributed by atoms with Gasteiger partial charge in [-0.15, -0.1) is 0 Å². The second-order valence-electron chi connectivity index (χ2n) is 4.27. The second kappa shape index (κ2) is 3.55. The summed E-state index contributed by atoms with van der Waals surface area (Å²) in [6.07, 6.45) is 3.39. The summed E-state index contributed by atoms with van der Waals surface area (Å²) >= 11 is 0. The molecule has 3 heterocycles. The maximum atomic E-state index is 5.93. The first-order chi connectivity index (χ1) is 9.34. The number of fused-ring (bicyclic) bond motifs is 2. The molecule has 0 spiro atoms. The summed E-state index contributed by atoms with van der Waals surface area (Å²) in [5, 5.41) is 9.07. The lowest BCUT2D eigenvalue weighted by Crippen LogP contribution is -1.97. The van der Waals surface area contributed by atoms with E-state index in [1.165, 1.54) is 6.33 Å². The van der Waals surface area contributed by atoms with Crippen LogP contribution in [0, 0.1) is 0 Å². The van der Waals surface area contributed by atoms with Gasteiger partial charge in [-0.25, -0.2) is 9.97 Å². The van der Waals surface area contributed by atoms with Gasteiger partial charge in [0.1, 0.15) is 17.5 Å². The fourth-order valence-corrected chi connectivity index (χ4v) is 2.31. The highest BCUT2D eigenvalue weighted by Crippen LogP contribution is 2.26. The lowest BCUT2D eigenvalue weighted by molar-refractivity contribution is 0.995. The van der Waals surface area contributed by atoms with E-state index < -0.39 is 0 Å². The number of para-hydroxylation sites is 1. The minimum Gasteiger partial charge on any atom is -0.383 e. The summed E-state index contributed by atoms with van der Waals surface area (Å²) in [6, 6.07) is 10.1. The number of nitrogens with one attached hydrogen (secondary N) is 1. The molecule has 0 unspecified atom stereocenters. The van der Waals surface area contributed by atoms with Crippen LogP contribution in [0.3, 0.4) is 0 Å². The topological polar surface area (TPSA) is 85.4 Å². The minimum atomic E-state index is 0.423. The fourth-order valence-electron chi connectivity index (χ4n) is 2.31. The van der Waals surface area contributed by atoms with E-state index in [-0.39, 0.29) is 0 Å². The van der Waals surface area contributed by atoms with Crippen molar-refractivity contribution in [1.29, 1.82) is 0 Å². The predicted octanol–water partition coefficient (Wildman–Crippen LogP) is 1.88. The van der Waals surface area contributed by atoms with Crippen molar-refractivity contribution in [2.24, 2.45) is 0 Å². The quantitative estimate of drug-likeness (QED) is 0.540. The zero-order valence-corrected chi connectivity index (χ0v) is 9.91. The van der Waals surface area contributed by atoms with Crippen LogP contribution in [-0.4, -0.2) is 24.7 Å². The van der Waals surface area contributed by atoms with Crippen molar-refractivity contribution >= 4 is 27.8 Å². The molecule has 0 fully saturated rings. The van der Waals surface area contributed by atoms with E-state index in [2.05, 4.69) is 26.2 Å². The van der Waals surface area contributed by atoms with E-state index in [9.17, 15) is 0 Å². The van der Waals surface area contributed by atoms with Crippen LogP contribution in [0.5, 0.6) is 0 Å². The number of nitrogens with two attached hydrogens (primary N) is 1. The number of H-pyrrole nitrogens is 1. The molecule has 0 radical (unpaired) electrons. The van der Waals surface area contributed by atoms with Gasteiger partial charge in [0.2, 0.25) is 0 Å². The van der Waals surface area contributed by atoms with Gasteiger partial charge < -0.3 is 5.73 Å². The highest BCUT2D eigenvalue weighted by atomic mass is 15.2. The molecule has 6 nitrogen and oxygen atoms in total. The smallest absolute Gasteiger partial charge is 0.172 e. The molecule has 0 atom stereocenters. The largest absolute Gasteiger partial charge is 0.383 e. The van der Waals surface area contributed by atoms with Crippen LogP contribution in [0.4, 0.5) is 5.82 Å². The number of benzene rings is 1. The molecule has 92 valence electrons. The Morgan fingerprint density at radius 3 is 2.95 bits per heavy atom. The highest BCUT2D eigenvalue weighted by Gasteiger charge is 2.13. The van der Waals surface area contributed by atoms with E-state index in [0.717, 1.165) is 16.3 Å². The molecular formula is C13H10N6. The van der Waals surface area contributed by atoms with Crippen molar-refractivity contribution in [3.63, 3.8) is 0 Å². The van der Waals surface area contributed by atoms with Crippen molar-refractivity contribution in [3.05, 3.63) is 42.9 Å². The molecule has 4 aromatic rings. The van der Waals surface area contributed by atoms with Crippen LogP contribution in [0.2, 0.25) is 0 Å². The Bertz CT molecular complexity index is 888. The number of aromatic amines is 1. The summed E-state index contributed by atoms with van der Waals surface area (Å²) in [4.78, 5) is 8.15. The van der Waals surface area contributed by atoms with Gasteiger partial charge in [0.05, 0.1) is 5.52 Å². The van der Waals surface area contributed by atoms with Crippen molar-refractivity contribution in [2.45, 2.75) is 0 Å². The summed E-state index contributed by atoms with van der Waals surface area (Å²) in [6.45, 7) is 0. The molecule has 0 saturated heterocycles. The molecule has 3 aromatic heterocycles. The van der Waals surface area contributed by atoms with Gasteiger partial charge in [-0.2, -0.15) is 5.10 Å². The SMILES string of the molecule is Nc1ncnc2[nH]nc(-n3ccc4ccccc43)c12. The van der Waals surface area contributed by atoms with Crippen LogP contribution in [0.1, 0.15) is 0 Å². The maximum Gasteiger partial charge on any atom is 0.172 e. The lowest BCUT2D eigenvalue weighted by atomic mass is 10.2. The van der Waals surface area contributed by atoms with Gasteiger partial charge in [-0.3, -0.25) is 9.67 Å². The molecule has 19 heavy (non-hydrogen) atoms. The molecule has 0 saturated carbocycles. The highest BCUT2D eigenvalue weighted by molar-refractivity contribution is 5.94. The maximum absolute atomic E-state index is 5.93. The van der Waals surface area contributed by atoms with Crippen molar-refractivity contribution in [3.8, 4) is 5.82 Å². The monoisotopic (exact) mass is 250 g/mol. The van der Waals surface area contributed by atoms with Gasteiger partial charge in [-0.05, 0) is 17.5 Å². The number of aromatic nitrogens is 5. The third kappa shape index (κ3) is 1.33. The normalized spacial score (nSPS) is 11.4. The Balaban J connectivity index is 2.10. The number of hydrogen-bond acceptors (Lipinski definition) is 4. The van der Waals surface area contributed by atoms with Gasteiger partial charge in [0.25, 0.3) is 0 Å². The molecule has 1 aromatic carbocycles. The standard InChI is InChI=1S/C13H10N6/c14-11-10-12(16-7-15-11)17-18-13(10)19-6-5-8-3-1-2-4-9(8)19/h1-7H,(H3,14,15,16,17,18). The average molecular weight is 250 g/mol. The van der Waals surface area contributed by atoms with Crippen molar-refractivity contribution < 1.29 is 0 Å². The molecule has 0 amide bonds. The summed E-state index contributed by atoms with van der Waals surface area (Å²) in [7, 11) is 0. The zero-order valence-electron chi connectivity index (χ0n) is 9.91. The Morgan fingerprint density at radius 2 is 2.00 bits per heavy atom.